The predicted molar refractivity (Wildman–Crippen MR) is 64.7 cm³/mol. The molecule has 0 saturated heterocycles. The van der Waals surface area contributed by atoms with Gasteiger partial charge in [0.05, 0.1) is 11.7 Å². The van der Waals surface area contributed by atoms with E-state index in [1.807, 2.05) is 13.0 Å². The van der Waals surface area contributed by atoms with Crippen molar-refractivity contribution in [1.29, 1.82) is 0 Å². The van der Waals surface area contributed by atoms with Gasteiger partial charge in [0.15, 0.2) is 0 Å². The number of nitrogens with zero attached hydrogens (tertiary/aromatic N) is 2. The minimum Gasteiger partial charge on any atom is -0.391 e. The van der Waals surface area contributed by atoms with Gasteiger partial charge in [-0.25, -0.2) is 0 Å². The molecule has 1 aromatic rings. The van der Waals surface area contributed by atoms with Crippen LogP contribution in [0.2, 0.25) is 0 Å². The lowest BCUT2D eigenvalue weighted by molar-refractivity contribution is 0.0645. The molecule has 1 aliphatic carbocycles. The average molecular weight is 234 g/mol. The summed E-state index contributed by atoms with van der Waals surface area (Å²) >= 11 is 0. The third-order valence-electron chi connectivity index (χ3n) is 3.10. The predicted octanol–water partition coefficient (Wildman–Crippen LogP) is 1.23. The standard InChI is InChI=1S/C13H18N2O2/c1-9-5-11(7-14-6-9)13(17)15(2)8-12(16)10-3-4-10/h5-7,10,12,16H,3-4,8H2,1-2H3. The second-order valence-corrected chi connectivity index (χ2v) is 4.84. The van der Waals surface area contributed by atoms with E-state index < -0.39 is 0 Å². The Hall–Kier alpha value is -1.42. The van der Waals surface area contributed by atoms with Gasteiger partial charge in [0.25, 0.3) is 5.91 Å². The summed E-state index contributed by atoms with van der Waals surface area (Å²) in [4.78, 5) is 17.6. The van der Waals surface area contributed by atoms with Crippen LogP contribution in [0.5, 0.6) is 0 Å². The van der Waals surface area contributed by atoms with Gasteiger partial charge >= 0.3 is 0 Å². The lowest BCUT2D eigenvalue weighted by Crippen LogP contribution is -2.35. The molecule has 4 heteroatoms. The van der Waals surface area contributed by atoms with Crippen LogP contribution in [0, 0.1) is 12.8 Å². The molecular weight excluding hydrogens is 216 g/mol. The van der Waals surface area contributed by atoms with Crippen LogP contribution in [0.1, 0.15) is 28.8 Å². The molecule has 17 heavy (non-hydrogen) atoms. The molecular formula is C13H18N2O2. The zero-order valence-electron chi connectivity index (χ0n) is 10.3. The van der Waals surface area contributed by atoms with Gasteiger partial charge in [-0.2, -0.15) is 0 Å². The Morgan fingerprint density at radius 2 is 2.29 bits per heavy atom. The number of aliphatic hydroxyl groups is 1. The van der Waals surface area contributed by atoms with E-state index in [-0.39, 0.29) is 12.0 Å². The number of likely N-dealkylation sites (N-methyl/N-ethyl adjacent to an activating group) is 1. The average Bonchev–Trinajstić information content (AvgIpc) is 3.11. The number of aromatic nitrogens is 1. The zero-order valence-corrected chi connectivity index (χ0v) is 10.3. The zero-order chi connectivity index (χ0) is 12.4. The van der Waals surface area contributed by atoms with Crippen molar-refractivity contribution in [2.45, 2.75) is 25.9 Å². The van der Waals surface area contributed by atoms with Crippen LogP contribution in [0.4, 0.5) is 0 Å². The highest BCUT2D eigenvalue weighted by molar-refractivity contribution is 5.93. The lowest BCUT2D eigenvalue weighted by Gasteiger charge is -2.20. The molecule has 0 spiro atoms. The largest absolute Gasteiger partial charge is 0.391 e. The van der Waals surface area contributed by atoms with Crippen LogP contribution < -0.4 is 0 Å². The first-order valence-electron chi connectivity index (χ1n) is 5.93. The molecule has 1 fully saturated rings. The molecule has 0 aliphatic heterocycles. The van der Waals surface area contributed by atoms with Gasteiger partial charge in [-0.3, -0.25) is 9.78 Å². The van der Waals surface area contributed by atoms with Crippen molar-refractivity contribution < 1.29 is 9.90 Å². The molecule has 1 saturated carbocycles. The van der Waals surface area contributed by atoms with Gasteiger partial charge in [-0.1, -0.05) is 0 Å². The highest BCUT2D eigenvalue weighted by Gasteiger charge is 2.31. The fourth-order valence-electron chi connectivity index (χ4n) is 1.89. The highest BCUT2D eigenvalue weighted by Crippen LogP contribution is 2.32. The van der Waals surface area contributed by atoms with Crippen molar-refractivity contribution >= 4 is 5.91 Å². The van der Waals surface area contributed by atoms with Gasteiger partial charge in [0, 0.05) is 26.0 Å². The first kappa shape index (κ1) is 12.0. The minimum absolute atomic E-state index is 0.0825. The van der Waals surface area contributed by atoms with Gasteiger partial charge in [-0.15, -0.1) is 0 Å². The number of amides is 1. The lowest BCUT2D eigenvalue weighted by atomic mass is 10.2. The molecule has 0 aromatic carbocycles. The SMILES string of the molecule is Cc1cncc(C(=O)N(C)CC(O)C2CC2)c1. The second kappa shape index (κ2) is 4.84. The Labute approximate surface area is 101 Å². The fourth-order valence-corrected chi connectivity index (χ4v) is 1.89. The van der Waals surface area contributed by atoms with E-state index >= 15 is 0 Å². The molecule has 92 valence electrons. The number of rotatable bonds is 4. The minimum atomic E-state index is -0.387. The van der Waals surface area contributed by atoms with E-state index in [0.29, 0.717) is 18.0 Å². The van der Waals surface area contributed by atoms with Gasteiger partial charge in [0.2, 0.25) is 0 Å². The quantitative estimate of drug-likeness (QED) is 0.852. The Morgan fingerprint density at radius 1 is 1.59 bits per heavy atom. The molecule has 1 atom stereocenters. The maximum absolute atomic E-state index is 12.1. The summed E-state index contributed by atoms with van der Waals surface area (Å²) in [5.41, 5.74) is 1.54. The molecule has 4 nitrogen and oxygen atoms in total. The maximum Gasteiger partial charge on any atom is 0.255 e. The number of pyridine rings is 1. The number of carbonyl (C=O) groups is 1. The van der Waals surface area contributed by atoms with Crippen molar-refractivity contribution in [3.8, 4) is 0 Å². The molecule has 1 unspecified atom stereocenters. The Kier molecular flexibility index (Phi) is 3.43. The molecule has 1 N–H and O–H groups in total. The molecule has 1 aromatic heterocycles. The van der Waals surface area contributed by atoms with E-state index in [4.69, 9.17) is 0 Å². The number of hydrogen-bond donors (Lipinski definition) is 1. The Morgan fingerprint density at radius 3 is 2.88 bits per heavy atom. The molecule has 1 aliphatic rings. The van der Waals surface area contributed by atoms with Gasteiger partial charge < -0.3 is 10.0 Å². The van der Waals surface area contributed by atoms with Crippen LogP contribution in [0.25, 0.3) is 0 Å². The van der Waals surface area contributed by atoms with Crippen LogP contribution in [0.15, 0.2) is 18.5 Å². The Balaban J connectivity index is 1.98. The van der Waals surface area contributed by atoms with Crippen molar-refractivity contribution in [3.63, 3.8) is 0 Å². The molecule has 2 rings (SSSR count). The van der Waals surface area contributed by atoms with Crippen molar-refractivity contribution in [2.24, 2.45) is 5.92 Å². The molecule has 0 radical (unpaired) electrons. The first-order valence-corrected chi connectivity index (χ1v) is 5.93. The summed E-state index contributed by atoms with van der Waals surface area (Å²) in [6.07, 6.45) is 5.05. The monoisotopic (exact) mass is 234 g/mol. The second-order valence-electron chi connectivity index (χ2n) is 4.84. The summed E-state index contributed by atoms with van der Waals surface area (Å²) in [6, 6.07) is 1.81. The number of aliphatic hydroxyl groups excluding tert-OH is 1. The number of hydrogen-bond acceptors (Lipinski definition) is 3. The van der Waals surface area contributed by atoms with E-state index in [9.17, 15) is 9.90 Å². The molecule has 1 heterocycles. The molecule has 0 bridgehead atoms. The van der Waals surface area contributed by atoms with Crippen molar-refractivity contribution in [1.82, 2.24) is 9.88 Å². The van der Waals surface area contributed by atoms with E-state index in [2.05, 4.69) is 4.98 Å². The smallest absolute Gasteiger partial charge is 0.255 e. The highest BCUT2D eigenvalue weighted by atomic mass is 16.3. The van der Waals surface area contributed by atoms with E-state index in [1.54, 1.807) is 24.3 Å². The maximum atomic E-state index is 12.1. The summed E-state index contributed by atoms with van der Waals surface area (Å²) < 4.78 is 0. The topological polar surface area (TPSA) is 53.4 Å². The van der Waals surface area contributed by atoms with Crippen LogP contribution in [-0.2, 0) is 0 Å². The van der Waals surface area contributed by atoms with E-state index in [1.165, 1.54) is 0 Å². The first-order chi connectivity index (χ1) is 8.08. The van der Waals surface area contributed by atoms with Crippen molar-refractivity contribution in [2.75, 3.05) is 13.6 Å². The van der Waals surface area contributed by atoms with Crippen LogP contribution in [-0.4, -0.2) is 40.6 Å². The third kappa shape index (κ3) is 3.03. The summed E-state index contributed by atoms with van der Waals surface area (Å²) in [7, 11) is 1.72. The van der Waals surface area contributed by atoms with Crippen LogP contribution in [0.3, 0.4) is 0 Å². The van der Waals surface area contributed by atoms with E-state index in [0.717, 1.165) is 18.4 Å². The van der Waals surface area contributed by atoms with Crippen LogP contribution >= 0.6 is 0 Å². The summed E-state index contributed by atoms with van der Waals surface area (Å²) in [5, 5.41) is 9.80. The normalized spacial score (nSPS) is 16.6. The van der Waals surface area contributed by atoms with Gasteiger partial charge in [0.1, 0.15) is 0 Å². The number of aryl methyl sites for hydroxylation is 1. The summed E-state index contributed by atoms with van der Waals surface area (Å²) in [5.74, 6) is 0.307. The van der Waals surface area contributed by atoms with Crippen molar-refractivity contribution in [3.05, 3.63) is 29.6 Å². The van der Waals surface area contributed by atoms with Gasteiger partial charge in [-0.05, 0) is 37.3 Å². The fraction of sp³-hybridized carbons (Fsp3) is 0.538. The number of carbonyl (C=O) groups excluding carboxylic acids is 1. The summed E-state index contributed by atoms with van der Waals surface area (Å²) in [6.45, 7) is 2.31. The molecule has 1 amide bonds. The third-order valence-corrected chi connectivity index (χ3v) is 3.10. The Bertz CT molecular complexity index is 416.